The minimum absolute atomic E-state index is 0.276. The lowest BCUT2D eigenvalue weighted by Crippen LogP contribution is -2.18. The molecule has 0 radical (unpaired) electrons. The third-order valence-electron chi connectivity index (χ3n) is 5.23. The fourth-order valence-electron chi connectivity index (χ4n) is 3.64. The molecule has 0 saturated heterocycles. The summed E-state index contributed by atoms with van der Waals surface area (Å²) in [4.78, 5) is 0. The van der Waals surface area contributed by atoms with E-state index in [0.717, 1.165) is 0 Å². The zero-order chi connectivity index (χ0) is 15.3. The van der Waals surface area contributed by atoms with E-state index in [4.69, 9.17) is 0 Å². The number of hydrogen-bond donors (Lipinski definition) is 0. The highest BCUT2D eigenvalue weighted by molar-refractivity contribution is 9.10. The Kier molecular flexibility index (Phi) is 6.34. The van der Waals surface area contributed by atoms with Gasteiger partial charge in [-0.2, -0.15) is 0 Å². The maximum absolute atomic E-state index is 3.93. The van der Waals surface area contributed by atoms with Crippen LogP contribution in [0.1, 0.15) is 95.6 Å². The number of rotatable bonds is 0. The van der Waals surface area contributed by atoms with Gasteiger partial charge in [-0.1, -0.05) is 99.8 Å². The smallest absolute Gasteiger partial charge is 0.0247 e. The third kappa shape index (κ3) is 4.58. The van der Waals surface area contributed by atoms with Crippen LogP contribution in [0.5, 0.6) is 0 Å². The van der Waals surface area contributed by atoms with Crippen molar-refractivity contribution in [2.24, 2.45) is 0 Å². The second kappa shape index (κ2) is 7.81. The number of halogens is 1. The molecule has 0 spiro atoms. The van der Waals surface area contributed by atoms with Gasteiger partial charge < -0.3 is 0 Å². The Labute approximate surface area is 139 Å². The van der Waals surface area contributed by atoms with Gasteiger partial charge in [0.05, 0.1) is 0 Å². The maximum atomic E-state index is 3.93. The molecule has 1 aliphatic rings. The Bertz CT molecular complexity index is 447. The SMILES string of the molecule is CC1CCCCCCCCCC(C)(C)c2cccc1c2Br. The molecule has 0 aliphatic heterocycles. The zero-order valence-corrected chi connectivity index (χ0v) is 15.6. The predicted octanol–water partition coefficient (Wildman–Crippen LogP) is 7.35. The minimum Gasteiger partial charge on any atom is -0.0616 e. The summed E-state index contributed by atoms with van der Waals surface area (Å²) < 4.78 is 1.37. The van der Waals surface area contributed by atoms with Gasteiger partial charge in [0, 0.05) is 4.47 Å². The predicted molar refractivity (Wildman–Crippen MR) is 97.1 cm³/mol. The molecule has 0 saturated carbocycles. The van der Waals surface area contributed by atoms with Gasteiger partial charge in [0.15, 0.2) is 0 Å². The third-order valence-corrected chi connectivity index (χ3v) is 6.11. The van der Waals surface area contributed by atoms with Gasteiger partial charge in [0.25, 0.3) is 0 Å². The first-order chi connectivity index (χ1) is 10.0. The lowest BCUT2D eigenvalue weighted by atomic mass is 9.78. The second-order valence-corrected chi connectivity index (χ2v) is 8.30. The summed E-state index contributed by atoms with van der Waals surface area (Å²) in [5, 5.41) is 0. The van der Waals surface area contributed by atoms with Crippen molar-refractivity contribution in [1.29, 1.82) is 0 Å². The van der Waals surface area contributed by atoms with Crippen molar-refractivity contribution >= 4 is 15.9 Å². The van der Waals surface area contributed by atoms with Gasteiger partial charge in [-0.3, -0.25) is 0 Å². The molecular formula is C20H31Br. The van der Waals surface area contributed by atoms with Gasteiger partial charge in [-0.05, 0) is 35.3 Å². The van der Waals surface area contributed by atoms with Gasteiger partial charge in [0.1, 0.15) is 0 Å². The molecule has 2 bridgehead atoms. The molecule has 118 valence electrons. The number of fused-ring (bicyclic) bond motifs is 2. The summed E-state index contributed by atoms with van der Waals surface area (Å²) >= 11 is 3.93. The summed E-state index contributed by atoms with van der Waals surface area (Å²) in [6, 6.07) is 6.91. The summed E-state index contributed by atoms with van der Waals surface area (Å²) in [5.41, 5.74) is 3.29. The van der Waals surface area contributed by atoms with Crippen molar-refractivity contribution in [1.82, 2.24) is 0 Å². The largest absolute Gasteiger partial charge is 0.0616 e. The molecule has 0 heterocycles. The van der Waals surface area contributed by atoms with Crippen LogP contribution in [-0.4, -0.2) is 0 Å². The highest BCUT2D eigenvalue weighted by Gasteiger charge is 2.24. The van der Waals surface area contributed by atoms with Crippen molar-refractivity contribution in [3.05, 3.63) is 33.8 Å². The van der Waals surface area contributed by atoms with E-state index < -0.39 is 0 Å². The Hall–Kier alpha value is -0.300. The molecule has 1 atom stereocenters. The van der Waals surface area contributed by atoms with Crippen LogP contribution in [0, 0.1) is 0 Å². The van der Waals surface area contributed by atoms with Crippen molar-refractivity contribution in [2.75, 3.05) is 0 Å². The average molecular weight is 351 g/mol. The quantitative estimate of drug-likeness (QED) is 0.458. The highest BCUT2D eigenvalue weighted by Crippen LogP contribution is 2.39. The van der Waals surface area contributed by atoms with Crippen LogP contribution in [0.15, 0.2) is 22.7 Å². The Balaban J connectivity index is 2.27. The Morgan fingerprint density at radius 3 is 2.29 bits per heavy atom. The highest BCUT2D eigenvalue weighted by atomic mass is 79.9. The molecule has 1 aromatic carbocycles. The van der Waals surface area contributed by atoms with E-state index in [1.807, 2.05) is 0 Å². The average Bonchev–Trinajstić information content (AvgIpc) is 2.44. The molecule has 21 heavy (non-hydrogen) atoms. The second-order valence-electron chi connectivity index (χ2n) is 7.51. The van der Waals surface area contributed by atoms with E-state index in [-0.39, 0.29) is 5.41 Å². The van der Waals surface area contributed by atoms with Crippen LogP contribution < -0.4 is 0 Å². The Morgan fingerprint density at radius 2 is 1.57 bits per heavy atom. The summed E-state index contributed by atoms with van der Waals surface area (Å²) in [5.74, 6) is 0.665. The molecule has 1 aromatic rings. The fraction of sp³-hybridized carbons (Fsp3) is 0.700. The van der Waals surface area contributed by atoms with Crippen molar-refractivity contribution in [3.8, 4) is 0 Å². The molecule has 1 unspecified atom stereocenters. The molecule has 1 heteroatoms. The van der Waals surface area contributed by atoms with Crippen molar-refractivity contribution < 1.29 is 0 Å². The van der Waals surface area contributed by atoms with E-state index in [0.29, 0.717) is 5.92 Å². The van der Waals surface area contributed by atoms with E-state index >= 15 is 0 Å². The standard InChI is InChI=1S/C20H31Br/c1-16-12-9-7-5-4-6-8-10-15-20(2,3)18-14-11-13-17(16)19(18)21/h11,13-14,16H,4-10,12,15H2,1-3H3. The van der Waals surface area contributed by atoms with Gasteiger partial charge in [-0.15, -0.1) is 0 Å². The Morgan fingerprint density at radius 1 is 0.952 bits per heavy atom. The molecule has 0 aromatic heterocycles. The molecule has 0 nitrogen and oxygen atoms in total. The minimum atomic E-state index is 0.276. The van der Waals surface area contributed by atoms with Crippen LogP contribution in [0.3, 0.4) is 0 Å². The first-order valence-electron chi connectivity index (χ1n) is 8.81. The lowest BCUT2D eigenvalue weighted by Gasteiger charge is -2.29. The number of hydrogen-bond acceptors (Lipinski definition) is 0. The molecular weight excluding hydrogens is 320 g/mol. The molecule has 2 rings (SSSR count). The van der Waals surface area contributed by atoms with Crippen LogP contribution in [0.4, 0.5) is 0 Å². The van der Waals surface area contributed by atoms with Crippen molar-refractivity contribution in [2.45, 2.75) is 89.9 Å². The molecule has 0 fully saturated rings. The van der Waals surface area contributed by atoms with E-state index in [2.05, 4.69) is 54.9 Å². The number of benzene rings is 1. The first kappa shape index (κ1) is 17.1. The van der Waals surface area contributed by atoms with Crippen molar-refractivity contribution in [3.63, 3.8) is 0 Å². The topological polar surface area (TPSA) is 0 Å². The zero-order valence-electron chi connectivity index (χ0n) is 14.1. The fourth-order valence-corrected chi connectivity index (χ4v) is 4.84. The first-order valence-corrected chi connectivity index (χ1v) is 9.60. The van der Waals surface area contributed by atoms with Crippen LogP contribution >= 0.6 is 15.9 Å². The van der Waals surface area contributed by atoms with Gasteiger partial charge in [-0.25, -0.2) is 0 Å². The molecule has 0 amide bonds. The van der Waals surface area contributed by atoms with Gasteiger partial charge >= 0.3 is 0 Å². The summed E-state index contributed by atoms with van der Waals surface area (Å²) in [7, 11) is 0. The normalized spacial score (nSPS) is 24.3. The van der Waals surface area contributed by atoms with Gasteiger partial charge in [0.2, 0.25) is 0 Å². The van der Waals surface area contributed by atoms with E-state index in [1.165, 1.54) is 73.4 Å². The van der Waals surface area contributed by atoms with E-state index in [9.17, 15) is 0 Å². The lowest BCUT2D eigenvalue weighted by molar-refractivity contribution is 0.436. The molecule has 1 aliphatic carbocycles. The van der Waals surface area contributed by atoms with Crippen LogP contribution in [0.2, 0.25) is 0 Å². The monoisotopic (exact) mass is 350 g/mol. The molecule has 0 N–H and O–H groups in total. The maximum Gasteiger partial charge on any atom is 0.0247 e. The summed E-state index contributed by atoms with van der Waals surface area (Å²) in [6.45, 7) is 7.21. The summed E-state index contributed by atoms with van der Waals surface area (Å²) in [6.07, 6.45) is 12.4. The van der Waals surface area contributed by atoms with Crippen LogP contribution in [-0.2, 0) is 5.41 Å². The van der Waals surface area contributed by atoms with E-state index in [1.54, 1.807) is 0 Å². The van der Waals surface area contributed by atoms with Crippen LogP contribution in [0.25, 0.3) is 0 Å².